The van der Waals surface area contributed by atoms with Gasteiger partial charge < -0.3 is 29.9 Å². The number of halogens is 1. The van der Waals surface area contributed by atoms with Crippen LogP contribution in [0.4, 0.5) is 10.1 Å². The number of aliphatic hydroxyl groups excluding tert-OH is 2. The molecule has 3 heterocycles. The van der Waals surface area contributed by atoms with Crippen molar-refractivity contribution in [2.45, 2.75) is 30.8 Å². The first-order valence-electron chi connectivity index (χ1n) is 11.9. The van der Waals surface area contributed by atoms with Crippen molar-refractivity contribution in [2.75, 3.05) is 37.7 Å². The molecule has 0 aliphatic carbocycles. The lowest BCUT2D eigenvalue weighted by Crippen LogP contribution is -2.56. The highest BCUT2D eigenvalue weighted by molar-refractivity contribution is 5.81. The third-order valence-corrected chi connectivity index (χ3v) is 6.80. The largest absolute Gasteiger partial charge is 0.508 e. The number of hydrogen-bond donors (Lipinski definition) is 3. The van der Waals surface area contributed by atoms with Crippen LogP contribution >= 0.6 is 0 Å². The van der Waals surface area contributed by atoms with Crippen LogP contribution < -0.4 is 4.90 Å². The van der Waals surface area contributed by atoms with Gasteiger partial charge in [-0.2, -0.15) is 0 Å². The summed E-state index contributed by atoms with van der Waals surface area (Å²) in [7, 11) is 0. The van der Waals surface area contributed by atoms with Gasteiger partial charge >= 0.3 is 0 Å². The van der Waals surface area contributed by atoms with E-state index in [0.29, 0.717) is 37.4 Å². The third kappa shape index (κ3) is 4.90. The number of aliphatic hydroxyl groups is 2. The summed E-state index contributed by atoms with van der Waals surface area (Å²) < 4.78 is 20.9. The molecule has 4 unspecified atom stereocenters. The number of anilines is 1. The lowest BCUT2D eigenvalue weighted by Gasteiger charge is -2.41. The van der Waals surface area contributed by atoms with Gasteiger partial charge in [-0.1, -0.05) is 17.3 Å². The SMILES string of the molecule is O=C(C1CC(n2cc(-c3cccc(F)c3)nn2)C(O)C(CO)O1)N1CCN(c2ccc(O)cc2)CC1. The number of amides is 1. The molecule has 1 aromatic heterocycles. The van der Waals surface area contributed by atoms with E-state index < -0.39 is 36.8 Å². The van der Waals surface area contributed by atoms with Crippen LogP contribution in [0.25, 0.3) is 11.3 Å². The molecule has 2 aromatic carbocycles. The average Bonchev–Trinajstić information content (AvgIpc) is 3.39. The zero-order chi connectivity index (χ0) is 25.2. The molecule has 2 fully saturated rings. The summed E-state index contributed by atoms with van der Waals surface area (Å²) in [6.07, 6.45) is -1.18. The van der Waals surface area contributed by atoms with E-state index in [-0.39, 0.29) is 18.1 Å². The van der Waals surface area contributed by atoms with E-state index >= 15 is 0 Å². The molecule has 2 saturated heterocycles. The maximum atomic E-state index is 13.6. The Balaban J connectivity index is 1.28. The van der Waals surface area contributed by atoms with Crippen molar-refractivity contribution in [3.05, 3.63) is 60.5 Å². The first-order chi connectivity index (χ1) is 17.4. The topological polar surface area (TPSA) is 124 Å². The van der Waals surface area contributed by atoms with Crippen molar-refractivity contribution >= 4 is 11.6 Å². The molecule has 0 bridgehead atoms. The van der Waals surface area contributed by atoms with E-state index in [2.05, 4.69) is 15.2 Å². The molecule has 11 heteroatoms. The van der Waals surface area contributed by atoms with E-state index in [9.17, 15) is 24.5 Å². The van der Waals surface area contributed by atoms with Crippen LogP contribution in [0.15, 0.2) is 54.7 Å². The molecular weight excluding hydrogens is 469 g/mol. The average molecular weight is 498 g/mol. The number of phenols is 1. The van der Waals surface area contributed by atoms with Crippen molar-refractivity contribution in [1.29, 1.82) is 0 Å². The van der Waals surface area contributed by atoms with Gasteiger partial charge in [-0.25, -0.2) is 9.07 Å². The van der Waals surface area contributed by atoms with Gasteiger partial charge in [-0.3, -0.25) is 4.79 Å². The molecule has 4 atom stereocenters. The summed E-state index contributed by atoms with van der Waals surface area (Å²) in [5, 5.41) is 38.3. The number of ether oxygens (including phenoxy) is 1. The van der Waals surface area contributed by atoms with Gasteiger partial charge in [0.2, 0.25) is 0 Å². The minimum atomic E-state index is -1.10. The van der Waals surface area contributed by atoms with E-state index in [1.807, 2.05) is 12.1 Å². The zero-order valence-corrected chi connectivity index (χ0v) is 19.5. The Labute approximate surface area is 207 Å². The van der Waals surface area contributed by atoms with Crippen molar-refractivity contribution < 1.29 is 29.2 Å². The number of nitrogens with zero attached hydrogens (tertiary/aromatic N) is 5. The van der Waals surface area contributed by atoms with E-state index in [1.165, 1.54) is 16.8 Å². The van der Waals surface area contributed by atoms with Gasteiger partial charge in [0, 0.05) is 43.9 Å². The first kappa shape index (κ1) is 24.2. The summed E-state index contributed by atoms with van der Waals surface area (Å²) in [5.41, 5.74) is 1.94. The molecule has 2 aliphatic heterocycles. The maximum absolute atomic E-state index is 13.6. The maximum Gasteiger partial charge on any atom is 0.251 e. The molecular formula is C25H28FN5O5. The van der Waals surface area contributed by atoms with E-state index in [1.54, 1.807) is 35.4 Å². The number of aromatic nitrogens is 3. The second-order valence-corrected chi connectivity index (χ2v) is 9.06. The number of aromatic hydroxyl groups is 1. The smallest absolute Gasteiger partial charge is 0.251 e. The fourth-order valence-electron chi connectivity index (χ4n) is 4.80. The highest BCUT2D eigenvalue weighted by Crippen LogP contribution is 2.31. The summed E-state index contributed by atoms with van der Waals surface area (Å²) in [6, 6.07) is 12.2. The first-order valence-corrected chi connectivity index (χ1v) is 11.9. The van der Waals surface area contributed by atoms with Crippen LogP contribution in [0, 0.1) is 5.82 Å². The summed E-state index contributed by atoms with van der Waals surface area (Å²) >= 11 is 0. The Morgan fingerprint density at radius 3 is 2.56 bits per heavy atom. The molecule has 10 nitrogen and oxygen atoms in total. The predicted octanol–water partition coefficient (Wildman–Crippen LogP) is 1.19. The molecule has 0 radical (unpaired) electrons. The molecule has 0 spiro atoms. The second-order valence-electron chi connectivity index (χ2n) is 9.06. The fourth-order valence-corrected chi connectivity index (χ4v) is 4.80. The van der Waals surface area contributed by atoms with Crippen molar-refractivity contribution in [3.8, 4) is 17.0 Å². The minimum absolute atomic E-state index is 0.153. The highest BCUT2D eigenvalue weighted by atomic mass is 19.1. The molecule has 3 aromatic rings. The lowest BCUT2D eigenvalue weighted by molar-refractivity contribution is -0.178. The number of phenolic OH excluding ortho intramolecular Hbond substituents is 1. The number of rotatable bonds is 5. The Kier molecular flexibility index (Phi) is 6.86. The molecule has 1 amide bonds. The van der Waals surface area contributed by atoms with Gasteiger partial charge in [0.05, 0.1) is 18.8 Å². The van der Waals surface area contributed by atoms with Gasteiger partial charge in [0.1, 0.15) is 35.6 Å². The minimum Gasteiger partial charge on any atom is -0.508 e. The van der Waals surface area contributed by atoms with Crippen LogP contribution in [0.3, 0.4) is 0 Å². The van der Waals surface area contributed by atoms with Crippen molar-refractivity contribution in [2.24, 2.45) is 0 Å². The monoisotopic (exact) mass is 497 g/mol. The number of piperazine rings is 1. The van der Waals surface area contributed by atoms with E-state index in [4.69, 9.17) is 4.74 Å². The molecule has 3 N–H and O–H groups in total. The number of benzene rings is 2. The van der Waals surface area contributed by atoms with Gasteiger partial charge in [-0.05, 0) is 36.4 Å². The lowest BCUT2D eigenvalue weighted by atomic mass is 9.94. The van der Waals surface area contributed by atoms with Crippen LogP contribution in [0.5, 0.6) is 5.75 Å². The summed E-state index contributed by atoms with van der Waals surface area (Å²) in [4.78, 5) is 17.2. The summed E-state index contributed by atoms with van der Waals surface area (Å²) in [5.74, 6) is -0.404. The number of hydrogen-bond acceptors (Lipinski definition) is 8. The Morgan fingerprint density at radius 2 is 1.86 bits per heavy atom. The molecule has 5 rings (SSSR count). The van der Waals surface area contributed by atoms with Gasteiger partial charge in [-0.15, -0.1) is 5.10 Å². The standard InChI is InChI=1S/C25H28FN5O5/c26-17-3-1-2-16(12-17)20-14-31(28-27-20)21-13-22(36-23(15-32)24(21)34)25(35)30-10-8-29(9-11-30)18-4-6-19(33)7-5-18/h1-7,12,14,21-24,32-34H,8-11,13,15H2. The van der Waals surface area contributed by atoms with Crippen LogP contribution in [-0.4, -0.2) is 92.2 Å². The normalized spacial score (nSPS) is 24.6. The van der Waals surface area contributed by atoms with Crippen molar-refractivity contribution in [1.82, 2.24) is 19.9 Å². The molecule has 0 saturated carbocycles. The van der Waals surface area contributed by atoms with Gasteiger partial charge in [0.25, 0.3) is 5.91 Å². The fraction of sp³-hybridized carbons (Fsp3) is 0.400. The van der Waals surface area contributed by atoms with Gasteiger partial charge in [0.15, 0.2) is 0 Å². The third-order valence-electron chi connectivity index (χ3n) is 6.80. The Bertz CT molecular complexity index is 1200. The van der Waals surface area contributed by atoms with Crippen LogP contribution in [0.2, 0.25) is 0 Å². The number of carbonyl (C=O) groups excluding carboxylic acids is 1. The Hall–Kier alpha value is -3.54. The Morgan fingerprint density at radius 1 is 1.11 bits per heavy atom. The second kappa shape index (κ2) is 10.2. The quantitative estimate of drug-likeness (QED) is 0.480. The molecule has 190 valence electrons. The molecule has 2 aliphatic rings. The van der Waals surface area contributed by atoms with Crippen molar-refractivity contribution in [3.63, 3.8) is 0 Å². The highest BCUT2D eigenvalue weighted by Gasteiger charge is 2.43. The molecule has 36 heavy (non-hydrogen) atoms. The zero-order valence-electron chi connectivity index (χ0n) is 19.5. The van der Waals surface area contributed by atoms with Crippen LogP contribution in [0.1, 0.15) is 12.5 Å². The van der Waals surface area contributed by atoms with E-state index in [0.717, 1.165) is 5.69 Å². The number of carbonyl (C=O) groups is 1. The van der Waals surface area contributed by atoms with Crippen LogP contribution in [-0.2, 0) is 9.53 Å². The predicted molar refractivity (Wildman–Crippen MR) is 128 cm³/mol. The summed E-state index contributed by atoms with van der Waals surface area (Å²) in [6.45, 7) is 1.77.